The smallest absolute Gasteiger partial charge is 0.407 e. The van der Waals surface area contributed by atoms with Crippen LogP contribution < -0.4 is 10.6 Å². The molecule has 0 aliphatic heterocycles. The number of rotatable bonds is 11. The third-order valence-corrected chi connectivity index (χ3v) is 7.06. The highest BCUT2D eigenvalue weighted by molar-refractivity contribution is 5.84. The van der Waals surface area contributed by atoms with Crippen LogP contribution in [0.25, 0.3) is 11.1 Å². The van der Waals surface area contributed by atoms with E-state index in [1.54, 1.807) is 6.08 Å². The van der Waals surface area contributed by atoms with Crippen LogP contribution in [0.1, 0.15) is 55.6 Å². The highest BCUT2D eigenvalue weighted by atomic mass is 16.5. The largest absolute Gasteiger partial charge is 0.480 e. The third-order valence-electron chi connectivity index (χ3n) is 7.06. The quantitative estimate of drug-likeness (QED) is 0.411. The van der Waals surface area contributed by atoms with E-state index >= 15 is 0 Å². The van der Waals surface area contributed by atoms with Crippen LogP contribution in [0, 0.1) is 5.92 Å². The maximum Gasteiger partial charge on any atom is 0.407 e. The van der Waals surface area contributed by atoms with E-state index in [0.717, 1.165) is 41.5 Å². The van der Waals surface area contributed by atoms with Gasteiger partial charge in [0.05, 0.1) is 0 Å². The minimum Gasteiger partial charge on any atom is -0.480 e. The Morgan fingerprint density at radius 2 is 1.66 bits per heavy atom. The molecule has 2 amide bonds. The van der Waals surface area contributed by atoms with Gasteiger partial charge in [0.25, 0.3) is 0 Å². The molecular weight excluding hydrogens is 444 g/mol. The molecule has 2 aromatic carbocycles. The van der Waals surface area contributed by atoms with Crippen LogP contribution in [0.3, 0.4) is 0 Å². The first kappa shape index (κ1) is 24.5. The predicted molar refractivity (Wildman–Crippen MR) is 133 cm³/mol. The second-order valence-electron chi connectivity index (χ2n) is 9.30. The molecule has 2 aliphatic carbocycles. The molecular formula is C28H32N2O5. The van der Waals surface area contributed by atoms with Crippen molar-refractivity contribution in [2.75, 3.05) is 6.61 Å². The average molecular weight is 477 g/mol. The van der Waals surface area contributed by atoms with Crippen LogP contribution in [0.15, 0.2) is 61.2 Å². The highest BCUT2D eigenvalue weighted by Crippen LogP contribution is 2.44. The molecule has 3 N–H and O–H groups in total. The Morgan fingerprint density at radius 1 is 1.03 bits per heavy atom. The lowest BCUT2D eigenvalue weighted by molar-refractivity contribution is -0.142. The number of benzene rings is 2. The van der Waals surface area contributed by atoms with Gasteiger partial charge in [-0.05, 0) is 53.9 Å². The lowest BCUT2D eigenvalue weighted by atomic mass is 9.78. The number of allylic oxidation sites excluding steroid dienone is 1. The summed E-state index contributed by atoms with van der Waals surface area (Å²) in [7, 11) is 0. The Hall–Kier alpha value is -3.61. The summed E-state index contributed by atoms with van der Waals surface area (Å²) < 4.78 is 5.66. The number of ether oxygens (including phenoxy) is 1. The summed E-state index contributed by atoms with van der Waals surface area (Å²) in [5, 5.41) is 14.8. The van der Waals surface area contributed by atoms with Gasteiger partial charge >= 0.3 is 12.1 Å². The van der Waals surface area contributed by atoms with E-state index < -0.39 is 30.1 Å². The summed E-state index contributed by atoms with van der Waals surface area (Å²) in [5.41, 5.74) is 4.59. The Morgan fingerprint density at radius 3 is 2.20 bits per heavy atom. The van der Waals surface area contributed by atoms with Gasteiger partial charge in [-0.2, -0.15) is 0 Å². The monoisotopic (exact) mass is 476 g/mol. The van der Waals surface area contributed by atoms with Gasteiger partial charge in [-0.3, -0.25) is 4.79 Å². The molecule has 184 valence electrons. The first-order chi connectivity index (χ1) is 17.0. The van der Waals surface area contributed by atoms with Gasteiger partial charge in [-0.15, -0.1) is 6.58 Å². The fourth-order valence-corrected chi connectivity index (χ4v) is 4.96. The molecule has 1 saturated carbocycles. The fraction of sp³-hybridized carbons (Fsp3) is 0.393. The van der Waals surface area contributed by atoms with Gasteiger partial charge in [0, 0.05) is 18.4 Å². The molecule has 2 atom stereocenters. The van der Waals surface area contributed by atoms with Crippen molar-refractivity contribution in [2.45, 2.75) is 56.5 Å². The van der Waals surface area contributed by atoms with Crippen LogP contribution >= 0.6 is 0 Å². The molecule has 2 unspecified atom stereocenters. The van der Waals surface area contributed by atoms with E-state index in [-0.39, 0.29) is 31.3 Å². The summed E-state index contributed by atoms with van der Waals surface area (Å²) in [6, 6.07) is 14.9. The van der Waals surface area contributed by atoms with Gasteiger partial charge in [0.2, 0.25) is 5.91 Å². The molecule has 1 fully saturated rings. The molecule has 0 bridgehead atoms. The maximum absolute atomic E-state index is 12.8. The number of alkyl carbamates (subject to hydrolysis) is 1. The number of aliphatic carboxylic acids is 1. The van der Waals surface area contributed by atoms with E-state index in [1.165, 1.54) is 0 Å². The summed E-state index contributed by atoms with van der Waals surface area (Å²) >= 11 is 0. The molecule has 0 saturated heterocycles. The molecule has 0 heterocycles. The van der Waals surface area contributed by atoms with Gasteiger partial charge in [-0.1, -0.05) is 61.0 Å². The van der Waals surface area contributed by atoms with Gasteiger partial charge in [0.15, 0.2) is 0 Å². The van der Waals surface area contributed by atoms with Crippen LogP contribution in [0.4, 0.5) is 4.79 Å². The third kappa shape index (κ3) is 5.73. The zero-order valence-corrected chi connectivity index (χ0v) is 19.7. The van der Waals surface area contributed by atoms with Gasteiger partial charge in [-0.25, -0.2) is 9.59 Å². The summed E-state index contributed by atoms with van der Waals surface area (Å²) in [6.45, 7) is 3.80. The number of hydrogen-bond acceptors (Lipinski definition) is 4. The molecule has 0 radical (unpaired) electrons. The Labute approximate surface area is 205 Å². The number of carbonyl (C=O) groups is 3. The number of carboxylic acid groups (broad SMARTS) is 1. The van der Waals surface area contributed by atoms with E-state index in [0.29, 0.717) is 6.42 Å². The first-order valence-electron chi connectivity index (χ1n) is 12.2. The highest BCUT2D eigenvalue weighted by Gasteiger charge is 2.33. The lowest BCUT2D eigenvalue weighted by Gasteiger charge is -2.34. The van der Waals surface area contributed by atoms with Crippen molar-refractivity contribution < 1.29 is 24.2 Å². The molecule has 2 aromatic rings. The molecule has 7 heteroatoms. The number of amides is 2. The van der Waals surface area contributed by atoms with Crippen LogP contribution in [0.2, 0.25) is 0 Å². The number of nitrogens with one attached hydrogen (secondary N) is 2. The minimum absolute atomic E-state index is 0.0206. The minimum atomic E-state index is -1.08. The molecule has 4 rings (SSSR count). The standard InChI is InChI=1S/C28H32N2O5/c1-2-3-15-24(27(32)33)29-26(31)16-25(18-9-8-10-18)30-28(34)35-17-23-21-13-6-4-11-19(21)20-12-5-7-14-22(20)23/h2,4-7,11-14,18,23-25H,1,3,8-10,15-17H2,(H,29,31)(H,30,34)(H,32,33). The van der Waals surface area contributed by atoms with Crippen molar-refractivity contribution >= 4 is 18.0 Å². The zero-order chi connectivity index (χ0) is 24.8. The Bertz CT molecular complexity index is 1050. The number of hydrogen-bond donors (Lipinski definition) is 3. The molecule has 7 nitrogen and oxygen atoms in total. The summed E-state index contributed by atoms with van der Waals surface area (Å²) in [4.78, 5) is 36.8. The maximum atomic E-state index is 12.8. The van der Waals surface area contributed by atoms with Crippen LogP contribution in [0.5, 0.6) is 0 Å². The van der Waals surface area contributed by atoms with Crippen molar-refractivity contribution in [3.63, 3.8) is 0 Å². The number of carboxylic acids is 1. The van der Waals surface area contributed by atoms with Crippen molar-refractivity contribution in [1.29, 1.82) is 0 Å². The second-order valence-corrected chi connectivity index (χ2v) is 9.30. The van der Waals surface area contributed by atoms with E-state index in [4.69, 9.17) is 4.74 Å². The van der Waals surface area contributed by atoms with Crippen molar-refractivity contribution in [3.8, 4) is 11.1 Å². The molecule has 35 heavy (non-hydrogen) atoms. The zero-order valence-electron chi connectivity index (χ0n) is 19.7. The molecule has 0 spiro atoms. The number of fused-ring (bicyclic) bond motifs is 3. The summed E-state index contributed by atoms with van der Waals surface area (Å²) in [6.07, 6.45) is 4.73. The van der Waals surface area contributed by atoms with E-state index in [2.05, 4.69) is 41.5 Å². The molecule has 0 aromatic heterocycles. The first-order valence-corrected chi connectivity index (χ1v) is 12.2. The SMILES string of the molecule is C=CCCC(NC(=O)CC(NC(=O)OCC1c2ccccc2-c2ccccc21)C1CCC1)C(=O)O. The average Bonchev–Trinajstić information content (AvgIpc) is 3.13. The van der Waals surface area contributed by atoms with Crippen molar-refractivity contribution in [3.05, 3.63) is 72.3 Å². The normalized spacial score (nSPS) is 16.2. The predicted octanol–water partition coefficient (Wildman–Crippen LogP) is 4.62. The lowest BCUT2D eigenvalue weighted by Crippen LogP contribution is -2.48. The van der Waals surface area contributed by atoms with Crippen molar-refractivity contribution in [1.82, 2.24) is 10.6 Å². The Balaban J connectivity index is 1.36. The number of carbonyl (C=O) groups excluding carboxylic acids is 2. The van der Waals surface area contributed by atoms with E-state index in [9.17, 15) is 19.5 Å². The van der Waals surface area contributed by atoms with Gasteiger partial charge in [0.1, 0.15) is 12.6 Å². The van der Waals surface area contributed by atoms with Crippen LogP contribution in [-0.2, 0) is 14.3 Å². The van der Waals surface area contributed by atoms with Crippen molar-refractivity contribution in [2.24, 2.45) is 5.92 Å². The molecule has 2 aliphatic rings. The topological polar surface area (TPSA) is 105 Å². The second kappa shape index (κ2) is 11.2. The van der Waals surface area contributed by atoms with Crippen LogP contribution in [-0.4, -0.2) is 41.8 Å². The van der Waals surface area contributed by atoms with Gasteiger partial charge < -0.3 is 20.5 Å². The Kier molecular flexibility index (Phi) is 7.85. The van der Waals surface area contributed by atoms with E-state index in [1.807, 2.05) is 24.3 Å². The summed E-state index contributed by atoms with van der Waals surface area (Å²) in [5.74, 6) is -1.33. The fourth-order valence-electron chi connectivity index (χ4n) is 4.96.